The molecule has 0 unspecified atom stereocenters. The molecular formula is C15H24N4O5. The smallest absolute Gasteiger partial charge is 0.407 e. The average Bonchev–Trinajstić information content (AvgIpc) is 2.88. The first-order valence-corrected chi connectivity index (χ1v) is 7.95. The molecule has 0 bridgehead atoms. The van der Waals surface area contributed by atoms with E-state index in [2.05, 4.69) is 10.4 Å². The van der Waals surface area contributed by atoms with Gasteiger partial charge in [-0.3, -0.25) is 14.8 Å². The maximum absolute atomic E-state index is 11.8. The third kappa shape index (κ3) is 5.19. The van der Waals surface area contributed by atoms with E-state index < -0.39 is 22.2 Å². The van der Waals surface area contributed by atoms with Crippen molar-refractivity contribution in [2.45, 2.75) is 70.2 Å². The zero-order valence-corrected chi connectivity index (χ0v) is 14.2. The van der Waals surface area contributed by atoms with Gasteiger partial charge in [0.2, 0.25) is 0 Å². The Morgan fingerprint density at radius 2 is 2.17 bits per heavy atom. The molecule has 1 saturated carbocycles. The number of rotatable bonds is 4. The molecule has 1 heterocycles. The molecule has 1 aromatic rings. The van der Waals surface area contributed by atoms with Crippen LogP contribution in [0.25, 0.3) is 0 Å². The Hall–Kier alpha value is -2.16. The fourth-order valence-corrected chi connectivity index (χ4v) is 2.77. The van der Waals surface area contributed by atoms with Gasteiger partial charge in [0, 0.05) is 6.04 Å². The lowest BCUT2D eigenvalue weighted by atomic mass is 9.82. The lowest BCUT2D eigenvalue weighted by Gasteiger charge is -2.36. The number of amides is 1. The van der Waals surface area contributed by atoms with Crippen LogP contribution in [0.1, 0.15) is 46.5 Å². The summed E-state index contributed by atoms with van der Waals surface area (Å²) in [5.74, 6) is 0. The zero-order valence-electron chi connectivity index (χ0n) is 14.2. The molecule has 0 saturated heterocycles. The molecule has 9 heteroatoms. The highest BCUT2D eigenvalue weighted by Gasteiger charge is 2.35. The number of alkyl carbamates (subject to hydrolysis) is 1. The van der Waals surface area contributed by atoms with Gasteiger partial charge in [0.1, 0.15) is 18.0 Å². The summed E-state index contributed by atoms with van der Waals surface area (Å²) in [6.45, 7) is 5.60. The lowest BCUT2D eigenvalue weighted by molar-refractivity contribution is -0.385. The second-order valence-corrected chi connectivity index (χ2v) is 7.30. The molecule has 1 aliphatic rings. The van der Waals surface area contributed by atoms with Gasteiger partial charge >= 0.3 is 11.8 Å². The number of carbonyl (C=O) groups excluding carboxylic acids is 1. The van der Waals surface area contributed by atoms with Crippen molar-refractivity contribution in [1.29, 1.82) is 0 Å². The van der Waals surface area contributed by atoms with Gasteiger partial charge in [0.25, 0.3) is 0 Å². The number of hydrogen-bond acceptors (Lipinski definition) is 6. The van der Waals surface area contributed by atoms with Crippen LogP contribution >= 0.6 is 0 Å². The fraction of sp³-hybridized carbons (Fsp3) is 0.733. The van der Waals surface area contributed by atoms with Crippen LogP contribution in [-0.2, 0) is 11.3 Å². The number of nitrogens with zero attached hydrogens (tertiary/aromatic N) is 3. The fourth-order valence-electron chi connectivity index (χ4n) is 2.77. The summed E-state index contributed by atoms with van der Waals surface area (Å²) in [5.41, 5.74) is -1.63. The molecule has 2 N–H and O–H groups in total. The van der Waals surface area contributed by atoms with Crippen molar-refractivity contribution in [2.75, 3.05) is 0 Å². The van der Waals surface area contributed by atoms with E-state index in [1.165, 1.54) is 17.1 Å². The molecule has 0 aromatic carbocycles. The normalized spacial score (nSPS) is 24.4. The first-order chi connectivity index (χ1) is 11.1. The van der Waals surface area contributed by atoms with Gasteiger partial charge in [-0.1, -0.05) is 0 Å². The lowest BCUT2D eigenvalue weighted by Crippen LogP contribution is -2.46. The minimum atomic E-state index is -0.980. The molecule has 0 radical (unpaired) electrons. The second-order valence-electron chi connectivity index (χ2n) is 7.30. The Morgan fingerprint density at radius 3 is 2.67 bits per heavy atom. The van der Waals surface area contributed by atoms with E-state index in [0.717, 1.165) is 0 Å². The molecule has 0 spiro atoms. The van der Waals surface area contributed by atoms with Crippen LogP contribution < -0.4 is 5.32 Å². The van der Waals surface area contributed by atoms with E-state index in [-0.39, 0.29) is 18.3 Å². The highest BCUT2D eigenvalue weighted by molar-refractivity contribution is 5.68. The molecule has 1 fully saturated rings. The predicted octanol–water partition coefficient (Wildman–Crippen LogP) is 1.99. The Bertz CT molecular complexity index is 599. The van der Waals surface area contributed by atoms with Gasteiger partial charge in [0.05, 0.1) is 17.1 Å². The van der Waals surface area contributed by atoms with E-state index in [1.807, 2.05) is 0 Å². The predicted molar refractivity (Wildman–Crippen MR) is 85.5 cm³/mol. The Morgan fingerprint density at radius 1 is 1.54 bits per heavy atom. The number of hydrogen-bond donors (Lipinski definition) is 2. The maximum Gasteiger partial charge on any atom is 0.407 e. The quantitative estimate of drug-likeness (QED) is 0.639. The molecular weight excluding hydrogens is 316 g/mol. The summed E-state index contributed by atoms with van der Waals surface area (Å²) in [5, 5.41) is 28.0. The molecule has 0 aliphatic heterocycles. The summed E-state index contributed by atoms with van der Waals surface area (Å²) >= 11 is 0. The SMILES string of the molecule is CC(C)(C)OC(=O)NC1CCC(O)(Cn2cc([N+](=O)[O-])cn2)CC1. The van der Waals surface area contributed by atoms with Crippen LogP contribution in [-0.4, -0.2) is 43.1 Å². The monoisotopic (exact) mass is 340 g/mol. The number of aliphatic hydroxyl groups is 1. The van der Waals surface area contributed by atoms with Crippen LogP contribution in [0.5, 0.6) is 0 Å². The van der Waals surface area contributed by atoms with E-state index in [1.54, 1.807) is 20.8 Å². The molecule has 24 heavy (non-hydrogen) atoms. The third-order valence-corrected chi connectivity index (χ3v) is 3.92. The van der Waals surface area contributed by atoms with E-state index in [0.29, 0.717) is 25.7 Å². The molecule has 1 aliphatic carbocycles. The average molecular weight is 340 g/mol. The molecule has 9 nitrogen and oxygen atoms in total. The number of carbonyl (C=O) groups is 1. The number of nitrogens with one attached hydrogen (secondary N) is 1. The zero-order chi connectivity index (χ0) is 18.0. The van der Waals surface area contributed by atoms with E-state index >= 15 is 0 Å². The van der Waals surface area contributed by atoms with Gasteiger partial charge in [0.15, 0.2) is 0 Å². The Kier molecular flexibility index (Phi) is 5.12. The first kappa shape index (κ1) is 18.2. The van der Waals surface area contributed by atoms with Crippen molar-refractivity contribution in [3.05, 3.63) is 22.5 Å². The first-order valence-electron chi connectivity index (χ1n) is 7.95. The van der Waals surface area contributed by atoms with Gasteiger partial charge in [-0.15, -0.1) is 0 Å². The minimum Gasteiger partial charge on any atom is -0.444 e. The van der Waals surface area contributed by atoms with Crippen LogP contribution in [0.15, 0.2) is 12.4 Å². The second kappa shape index (κ2) is 6.76. The topological polar surface area (TPSA) is 120 Å². The van der Waals surface area contributed by atoms with Crippen molar-refractivity contribution in [3.8, 4) is 0 Å². The van der Waals surface area contributed by atoms with Crippen molar-refractivity contribution in [1.82, 2.24) is 15.1 Å². The van der Waals surface area contributed by atoms with E-state index in [9.17, 15) is 20.0 Å². The molecule has 134 valence electrons. The molecule has 0 atom stereocenters. The van der Waals surface area contributed by atoms with Crippen LogP contribution in [0.4, 0.5) is 10.5 Å². The van der Waals surface area contributed by atoms with Crippen molar-refractivity contribution in [2.24, 2.45) is 0 Å². The van der Waals surface area contributed by atoms with E-state index in [4.69, 9.17) is 4.74 Å². The highest BCUT2D eigenvalue weighted by Crippen LogP contribution is 2.30. The summed E-state index contributed by atoms with van der Waals surface area (Å²) in [6, 6.07) is -0.0490. The Labute approximate surface area is 140 Å². The number of aromatic nitrogens is 2. The summed E-state index contributed by atoms with van der Waals surface area (Å²) in [7, 11) is 0. The summed E-state index contributed by atoms with van der Waals surface area (Å²) in [6.07, 6.45) is 4.18. The van der Waals surface area contributed by atoms with Crippen molar-refractivity contribution >= 4 is 11.8 Å². The van der Waals surface area contributed by atoms with Crippen molar-refractivity contribution in [3.63, 3.8) is 0 Å². The van der Waals surface area contributed by atoms with Gasteiger partial charge in [-0.2, -0.15) is 5.10 Å². The third-order valence-electron chi connectivity index (χ3n) is 3.92. The maximum atomic E-state index is 11.8. The molecule has 1 aromatic heterocycles. The van der Waals surface area contributed by atoms with Gasteiger partial charge in [-0.05, 0) is 46.5 Å². The Balaban J connectivity index is 1.84. The number of nitro groups is 1. The molecule has 2 rings (SSSR count). The number of ether oxygens (including phenoxy) is 1. The van der Waals surface area contributed by atoms with Crippen LogP contribution in [0, 0.1) is 10.1 Å². The van der Waals surface area contributed by atoms with Crippen LogP contribution in [0.2, 0.25) is 0 Å². The van der Waals surface area contributed by atoms with Gasteiger partial charge < -0.3 is 15.2 Å². The largest absolute Gasteiger partial charge is 0.444 e. The molecule has 1 amide bonds. The summed E-state index contributed by atoms with van der Waals surface area (Å²) in [4.78, 5) is 21.9. The summed E-state index contributed by atoms with van der Waals surface area (Å²) < 4.78 is 6.61. The highest BCUT2D eigenvalue weighted by atomic mass is 16.6. The standard InChI is InChI=1S/C15H24N4O5/c1-14(2,3)24-13(20)17-11-4-6-15(21,7-5-11)10-18-9-12(8-16-18)19(22)23/h8-9,11,21H,4-7,10H2,1-3H3,(H,17,20). The minimum absolute atomic E-state index is 0.0490. The van der Waals surface area contributed by atoms with Crippen molar-refractivity contribution < 1.29 is 19.6 Å². The van der Waals surface area contributed by atoms with Gasteiger partial charge in [-0.25, -0.2) is 4.79 Å². The van der Waals surface area contributed by atoms with Crippen LogP contribution in [0.3, 0.4) is 0 Å².